The topological polar surface area (TPSA) is 153 Å². The maximum Gasteiger partial charge on any atom is 0.343 e. The molecule has 4 rings (SSSR count). The Morgan fingerprint density at radius 1 is 0.574 bits per heavy atom. The summed E-state index contributed by atoms with van der Waals surface area (Å²) in [4.78, 5) is 63.3. The second kappa shape index (κ2) is 23.9. The summed E-state index contributed by atoms with van der Waals surface area (Å²) in [6, 6.07) is 19.3. The largest absolute Gasteiger partial charge is 0.494 e. The molecule has 330 valence electrons. The van der Waals surface area contributed by atoms with E-state index in [9.17, 15) is 24.0 Å². The molecule has 0 N–H and O–H groups in total. The molecule has 0 aromatic heterocycles. The molecule has 0 aliphatic carbocycles. The number of likely N-dealkylation sites (tertiary alicyclic amines) is 1. The number of nitrogens with zero attached hydrogens (tertiary/aromatic N) is 1. The molecular weight excluding hydrogens is 783 g/mol. The minimum atomic E-state index is -0.562. The van der Waals surface area contributed by atoms with E-state index in [1.807, 2.05) is 0 Å². The Morgan fingerprint density at radius 2 is 0.984 bits per heavy atom. The summed E-state index contributed by atoms with van der Waals surface area (Å²) in [5.74, 6) is -0.529. The fourth-order valence-electron chi connectivity index (χ4n) is 6.93. The highest BCUT2D eigenvalue weighted by molar-refractivity contribution is 5.92. The lowest BCUT2D eigenvalue weighted by atomic mass is 9.79. The van der Waals surface area contributed by atoms with Crippen molar-refractivity contribution in [1.29, 1.82) is 0 Å². The predicted molar refractivity (Wildman–Crippen MR) is 229 cm³/mol. The zero-order chi connectivity index (χ0) is 44.3. The number of carbonyl (C=O) groups is 5. The summed E-state index contributed by atoms with van der Waals surface area (Å²) >= 11 is 0. The third kappa shape index (κ3) is 16.7. The van der Waals surface area contributed by atoms with Gasteiger partial charge in [0.15, 0.2) is 0 Å². The summed E-state index contributed by atoms with van der Waals surface area (Å²) in [7, 11) is 2.10. The van der Waals surface area contributed by atoms with Gasteiger partial charge in [-0.3, -0.25) is 14.5 Å². The number of hydrogen-bond donors (Lipinski definition) is 0. The number of ether oxygens (including phenoxy) is 7. The molecule has 1 aliphatic heterocycles. The van der Waals surface area contributed by atoms with Crippen molar-refractivity contribution in [3.05, 3.63) is 96.6 Å². The predicted octanol–water partition coefficient (Wildman–Crippen LogP) is 8.86. The Kier molecular flexibility index (Phi) is 18.8. The molecule has 1 saturated heterocycles. The molecule has 0 atom stereocenters. The van der Waals surface area contributed by atoms with Crippen molar-refractivity contribution in [1.82, 2.24) is 4.90 Å². The van der Waals surface area contributed by atoms with Gasteiger partial charge in [-0.1, -0.05) is 32.3 Å². The van der Waals surface area contributed by atoms with E-state index in [-0.39, 0.29) is 60.1 Å². The Balaban J connectivity index is 1.01. The van der Waals surface area contributed by atoms with Crippen LogP contribution in [0.5, 0.6) is 23.0 Å². The molecule has 3 aromatic carbocycles. The molecule has 61 heavy (non-hydrogen) atoms. The molecule has 13 nitrogen and oxygen atoms in total. The monoisotopic (exact) mass is 843 g/mol. The normalized spacial score (nSPS) is 14.6. The molecule has 0 spiro atoms. The summed E-state index contributed by atoms with van der Waals surface area (Å²) in [5.41, 5.74) is 0.519. The first-order chi connectivity index (χ1) is 29.1. The molecule has 13 heteroatoms. The third-order valence-corrected chi connectivity index (χ3v) is 10.6. The Hall–Kier alpha value is -5.69. The van der Waals surface area contributed by atoms with Crippen molar-refractivity contribution in [2.75, 3.05) is 33.5 Å². The lowest BCUT2D eigenvalue weighted by Crippen LogP contribution is -2.60. The molecule has 0 unspecified atom stereocenters. The van der Waals surface area contributed by atoms with Crippen LogP contribution in [0, 0.1) is 0 Å². The summed E-state index contributed by atoms with van der Waals surface area (Å²) in [5, 5.41) is 0. The molecule has 0 bridgehead atoms. The lowest BCUT2D eigenvalue weighted by Gasteiger charge is -2.53. The molecule has 0 saturated carbocycles. The van der Waals surface area contributed by atoms with E-state index >= 15 is 0 Å². The van der Waals surface area contributed by atoms with Crippen LogP contribution >= 0.6 is 0 Å². The standard InChI is InChI=1S/C48H61NO12/c1-7-42(50)57-32-14-31-56-38-21-17-36(18-22-38)46(54)61-40-25-23-39(24-26-40)60-45(53)35-15-19-37(20-16-35)55-29-12-10-8-9-11-13-30-58-43(51)27-28-44(52)59-41-33-47(2,3)49(6)48(4,5)34-41/h7,15-26,41H,1,8-14,27-34H2,2-6H3. The van der Waals surface area contributed by atoms with E-state index in [1.165, 1.54) is 24.3 Å². The first-order valence-electron chi connectivity index (χ1n) is 21.0. The average molecular weight is 844 g/mol. The molecule has 0 amide bonds. The number of hydrogen-bond acceptors (Lipinski definition) is 13. The quantitative estimate of drug-likeness (QED) is 0.0278. The van der Waals surface area contributed by atoms with Crippen molar-refractivity contribution in [2.45, 2.75) is 116 Å². The van der Waals surface area contributed by atoms with Crippen LogP contribution in [0.3, 0.4) is 0 Å². The first-order valence-corrected chi connectivity index (χ1v) is 21.0. The highest BCUT2D eigenvalue weighted by Gasteiger charge is 2.44. The number of carbonyl (C=O) groups excluding carboxylic acids is 5. The summed E-state index contributed by atoms with van der Waals surface area (Å²) < 4.78 is 38.3. The van der Waals surface area contributed by atoms with Gasteiger partial charge in [-0.05, 0) is 120 Å². The van der Waals surface area contributed by atoms with E-state index in [1.54, 1.807) is 48.5 Å². The minimum Gasteiger partial charge on any atom is -0.494 e. The molecule has 0 radical (unpaired) electrons. The fourth-order valence-corrected chi connectivity index (χ4v) is 6.93. The average Bonchev–Trinajstić information content (AvgIpc) is 3.23. The van der Waals surface area contributed by atoms with Gasteiger partial charge in [-0.25, -0.2) is 14.4 Å². The smallest absolute Gasteiger partial charge is 0.343 e. The summed E-state index contributed by atoms with van der Waals surface area (Å²) in [6.07, 6.45) is 8.68. The number of benzene rings is 3. The van der Waals surface area contributed by atoms with Crippen molar-refractivity contribution < 1.29 is 57.1 Å². The van der Waals surface area contributed by atoms with Crippen LogP contribution in [0.4, 0.5) is 0 Å². The highest BCUT2D eigenvalue weighted by Crippen LogP contribution is 2.38. The van der Waals surface area contributed by atoms with E-state index in [0.29, 0.717) is 48.9 Å². The second-order valence-electron chi connectivity index (χ2n) is 16.3. The van der Waals surface area contributed by atoms with Crippen LogP contribution in [0.1, 0.15) is 119 Å². The number of rotatable bonds is 24. The first kappa shape index (κ1) is 48.0. The van der Waals surface area contributed by atoms with Gasteiger partial charge in [0.25, 0.3) is 0 Å². The Labute approximate surface area is 359 Å². The maximum absolute atomic E-state index is 12.7. The van der Waals surface area contributed by atoms with E-state index in [4.69, 9.17) is 33.2 Å². The fraction of sp³-hybridized carbons (Fsp3) is 0.479. The Bertz CT molecular complexity index is 1870. The van der Waals surface area contributed by atoms with E-state index in [0.717, 1.165) is 57.4 Å². The van der Waals surface area contributed by atoms with Crippen molar-refractivity contribution in [2.24, 2.45) is 0 Å². The van der Waals surface area contributed by atoms with E-state index in [2.05, 4.69) is 46.2 Å². The van der Waals surface area contributed by atoms with Gasteiger partial charge in [-0.2, -0.15) is 0 Å². The lowest BCUT2D eigenvalue weighted by molar-refractivity contribution is -0.161. The Morgan fingerprint density at radius 3 is 1.48 bits per heavy atom. The summed E-state index contributed by atoms with van der Waals surface area (Å²) in [6.45, 7) is 13.4. The van der Waals surface area contributed by atoms with Crippen molar-refractivity contribution >= 4 is 29.8 Å². The van der Waals surface area contributed by atoms with Gasteiger partial charge in [0.1, 0.15) is 29.1 Å². The van der Waals surface area contributed by atoms with Crippen molar-refractivity contribution in [3.8, 4) is 23.0 Å². The van der Waals surface area contributed by atoms with Gasteiger partial charge >= 0.3 is 29.8 Å². The minimum absolute atomic E-state index is 0.0284. The molecule has 3 aromatic rings. The zero-order valence-electron chi connectivity index (χ0n) is 36.2. The molecule has 1 fully saturated rings. The van der Waals surface area contributed by atoms with Gasteiger partial charge in [-0.15, -0.1) is 0 Å². The highest BCUT2D eigenvalue weighted by atomic mass is 16.6. The zero-order valence-corrected chi connectivity index (χ0v) is 36.2. The van der Waals surface area contributed by atoms with Crippen LogP contribution in [-0.4, -0.2) is 85.4 Å². The van der Waals surface area contributed by atoms with Gasteiger partial charge in [0, 0.05) is 36.4 Å². The van der Waals surface area contributed by atoms with Gasteiger partial charge in [0.05, 0.1) is 50.4 Å². The van der Waals surface area contributed by atoms with Gasteiger partial charge < -0.3 is 33.2 Å². The van der Waals surface area contributed by atoms with Crippen LogP contribution in [-0.2, 0) is 28.6 Å². The second-order valence-corrected chi connectivity index (χ2v) is 16.3. The molecule has 1 heterocycles. The van der Waals surface area contributed by atoms with Crippen LogP contribution in [0.2, 0.25) is 0 Å². The number of piperidine rings is 1. The SMILES string of the molecule is C=CC(=O)OCCCOc1ccc(C(=O)Oc2ccc(OC(=O)c3ccc(OCCCCCCCCOC(=O)CCC(=O)OC4CC(C)(C)N(C)C(C)(C)C4)cc3)cc2)cc1. The molecule has 1 aliphatic rings. The van der Waals surface area contributed by atoms with Crippen LogP contribution in [0.15, 0.2) is 85.5 Å². The van der Waals surface area contributed by atoms with Gasteiger partial charge in [0.2, 0.25) is 0 Å². The number of unbranched alkanes of at least 4 members (excludes halogenated alkanes) is 5. The van der Waals surface area contributed by atoms with Crippen molar-refractivity contribution in [3.63, 3.8) is 0 Å². The van der Waals surface area contributed by atoms with Crippen LogP contribution in [0.25, 0.3) is 0 Å². The molecular formula is C48H61NO12. The maximum atomic E-state index is 12.7. The number of esters is 5. The van der Waals surface area contributed by atoms with Crippen LogP contribution < -0.4 is 18.9 Å². The third-order valence-electron chi connectivity index (χ3n) is 10.6. The van der Waals surface area contributed by atoms with E-state index < -0.39 is 17.9 Å².